The van der Waals surface area contributed by atoms with Gasteiger partial charge in [-0.3, -0.25) is 0 Å². The molecule has 0 heterocycles. The summed E-state index contributed by atoms with van der Waals surface area (Å²) in [5, 5.41) is 0. The Labute approximate surface area is 69.1 Å². The molecule has 1 aliphatic carbocycles. The SMILES string of the molecule is CCC(C)OCC1(N)CCC1. The maximum atomic E-state index is 5.98. The van der Waals surface area contributed by atoms with Crippen LogP contribution in [0.15, 0.2) is 0 Å². The van der Waals surface area contributed by atoms with Crippen LogP contribution in [-0.2, 0) is 4.74 Å². The molecule has 0 spiro atoms. The summed E-state index contributed by atoms with van der Waals surface area (Å²) in [7, 11) is 0. The van der Waals surface area contributed by atoms with Crippen molar-refractivity contribution in [1.82, 2.24) is 0 Å². The van der Waals surface area contributed by atoms with E-state index in [0.717, 1.165) is 25.9 Å². The Morgan fingerprint density at radius 2 is 2.18 bits per heavy atom. The molecular weight excluding hydrogens is 138 g/mol. The molecule has 66 valence electrons. The predicted octanol–water partition coefficient (Wildman–Crippen LogP) is 1.68. The standard InChI is InChI=1S/C9H19NO/c1-3-8(2)11-7-9(10)5-4-6-9/h8H,3-7,10H2,1-2H3. The molecule has 0 aromatic rings. The number of nitrogens with two attached hydrogens (primary N) is 1. The largest absolute Gasteiger partial charge is 0.377 e. The first-order valence-electron chi connectivity index (χ1n) is 4.57. The van der Waals surface area contributed by atoms with Crippen molar-refractivity contribution in [2.24, 2.45) is 5.73 Å². The van der Waals surface area contributed by atoms with Gasteiger partial charge in [-0.2, -0.15) is 0 Å². The van der Waals surface area contributed by atoms with Gasteiger partial charge in [-0.05, 0) is 32.6 Å². The van der Waals surface area contributed by atoms with Crippen LogP contribution in [-0.4, -0.2) is 18.2 Å². The van der Waals surface area contributed by atoms with Crippen LogP contribution in [0.25, 0.3) is 0 Å². The lowest BCUT2D eigenvalue weighted by molar-refractivity contribution is 0.00437. The number of ether oxygens (including phenoxy) is 1. The van der Waals surface area contributed by atoms with Crippen LogP contribution >= 0.6 is 0 Å². The van der Waals surface area contributed by atoms with Gasteiger partial charge < -0.3 is 10.5 Å². The van der Waals surface area contributed by atoms with Gasteiger partial charge in [0.1, 0.15) is 0 Å². The molecule has 1 saturated carbocycles. The predicted molar refractivity (Wildman–Crippen MR) is 46.5 cm³/mol. The second-order valence-corrected chi connectivity index (χ2v) is 3.75. The van der Waals surface area contributed by atoms with Gasteiger partial charge in [-0.15, -0.1) is 0 Å². The molecule has 1 fully saturated rings. The summed E-state index contributed by atoms with van der Waals surface area (Å²) in [6.45, 7) is 4.98. The Morgan fingerprint density at radius 1 is 1.55 bits per heavy atom. The highest BCUT2D eigenvalue weighted by Gasteiger charge is 2.32. The van der Waals surface area contributed by atoms with Crippen molar-refractivity contribution < 1.29 is 4.74 Å². The van der Waals surface area contributed by atoms with Crippen molar-refractivity contribution in [2.45, 2.75) is 51.2 Å². The van der Waals surface area contributed by atoms with E-state index < -0.39 is 0 Å². The maximum absolute atomic E-state index is 5.98. The molecule has 0 radical (unpaired) electrons. The minimum absolute atomic E-state index is 0.0312. The van der Waals surface area contributed by atoms with Gasteiger partial charge in [0.25, 0.3) is 0 Å². The van der Waals surface area contributed by atoms with Crippen LogP contribution in [0.2, 0.25) is 0 Å². The molecule has 0 saturated heterocycles. The van der Waals surface area contributed by atoms with Crippen molar-refractivity contribution in [3.8, 4) is 0 Å². The molecule has 1 atom stereocenters. The minimum atomic E-state index is 0.0312. The molecular formula is C9H19NO. The highest BCUT2D eigenvalue weighted by atomic mass is 16.5. The quantitative estimate of drug-likeness (QED) is 0.674. The van der Waals surface area contributed by atoms with Gasteiger partial charge in [0.2, 0.25) is 0 Å². The van der Waals surface area contributed by atoms with Gasteiger partial charge in [-0.1, -0.05) is 6.92 Å². The second-order valence-electron chi connectivity index (χ2n) is 3.75. The lowest BCUT2D eigenvalue weighted by Crippen LogP contribution is -2.51. The van der Waals surface area contributed by atoms with Crippen LogP contribution in [0.5, 0.6) is 0 Å². The monoisotopic (exact) mass is 157 g/mol. The van der Waals surface area contributed by atoms with Gasteiger partial charge in [0, 0.05) is 5.54 Å². The zero-order valence-corrected chi connectivity index (χ0v) is 7.60. The van der Waals surface area contributed by atoms with E-state index in [2.05, 4.69) is 13.8 Å². The van der Waals surface area contributed by atoms with E-state index in [1.807, 2.05) is 0 Å². The summed E-state index contributed by atoms with van der Waals surface area (Å²) in [6.07, 6.45) is 5.01. The summed E-state index contributed by atoms with van der Waals surface area (Å²) in [4.78, 5) is 0. The Morgan fingerprint density at radius 3 is 2.55 bits per heavy atom. The Kier molecular flexibility index (Phi) is 2.90. The number of rotatable bonds is 4. The van der Waals surface area contributed by atoms with Crippen molar-refractivity contribution in [3.63, 3.8) is 0 Å². The zero-order valence-electron chi connectivity index (χ0n) is 7.60. The molecule has 2 nitrogen and oxygen atoms in total. The fourth-order valence-corrected chi connectivity index (χ4v) is 1.20. The van der Waals surface area contributed by atoms with Crippen molar-refractivity contribution in [1.29, 1.82) is 0 Å². The fraction of sp³-hybridized carbons (Fsp3) is 1.00. The topological polar surface area (TPSA) is 35.2 Å². The van der Waals surface area contributed by atoms with Crippen LogP contribution in [0.4, 0.5) is 0 Å². The Hall–Kier alpha value is -0.0800. The third-order valence-corrected chi connectivity index (χ3v) is 2.58. The zero-order chi connectivity index (χ0) is 8.32. The lowest BCUT2D eigenvalue weighted by atomic mass is 9.78. The Bertz CT molecular complexity index is 121. The van der Waals surface area contributed by atoms with Crippen LogP contribution < -0.4 is 5.73 Å². The number of hydrogen-bond acceptors (Lipinski definition) is 2. The number of hydrogen-bond donors (Lipinski definition) is 1. The third kappa shape index (κ3) is 2.46. The molecule has 1 unspecified atom stereocenters. The first-order chi connectivity index (χ1) is 5.16. The van der Waals surface area contributed by atoms with Crippen LogP contribution in [0, 0.1) is 0 Å². The van der Waals surface area contributed by atoms with Crippen LogP contribution in [0.1, 0.15) is 39.5 Å². The van der Waals surface area contributed by atoms with E-state index in [0.29, 0.717) is 6.10 Å². The lowest BCUT2D eigenvalue weighted by Gasteiger charge is -2.38. The molecule has 0 aromatic heterocycles. The van der Waals surface area contributed by atoms with Gasteiger partial charge in [-0.25, -0.2) is 0 Å². The molecule has 0 amide bonds. The van der Waals surface area contributed by atoms with Gasteiger partial charge in [0.05, 0.1) is 12.7 Å². The normalized spacial score (nSPS) is 24.3. The van der Waals surface area contributed by atoms with Gasteiger partial charge in [0.15, 0.2) is 0 Å². The average Bonchev–Trinajstić information content (AvgIpc) is 1.96. The fourth-order valence-electron chi connectivity index (χ4n) is 1.20. The average molecular weight is 157 g/mol. The first-order valence-corrected chi connectivity index (χ1v) is 4.57. The van der Waals surface area contributed by atoms with Crippen LogP contribution in [0.3, 0.4) is 0 Å². The highest BCUT2D eigenvalue weighted by molar-refractivity contribution is 4.92. The third-order valence-electron chi connectivity index (χ3n) is 2.58. The molecule has 1 aliphatic rings. The molecule has 2 heteroatoms. The molecule has 1 rings (SSSR count). The highest BCUT2D eigenvalue weighted by Crippen LogP contribution is 2.29. The van der Waals surface area contributed by atoms with E-state index >= 15 is 0 Å². The second kappa shape index (κ2) is 3.55. The summed E-state index contributed by atoms with van der Waals surface area (Å²) in [5.41, 5.74) is 6.01. The maximum Gasteiger partial charge on any atom is 0.0649 e. The molecule has 2 N–H and O–H groups in total. The van der Waals surface area contributed by atoms with E-state index in [9.17, 15) is 0 Å². The van der Waals surface area contributed by atoms with E-state index in [1.165, 1.54) is 6.42 Å². The summed E-state index contributed by atoms with van der Waals surface area (Å²) >= 11 is 0. The van der Waals surface area contributed by atoms with Crippen molar-refractivity contribution in [2.75, 3.05) is 6.61 Å². The smallest absolute Gasteiger partial charge is 0.0649 e. The summed E-state index contributed by atoms with van der Waals surface area (Å²) in [6, 6.07) is 0. The van der Waals surface area contributed by atoms with E-state index in [1.54, 1.807) is 0 Å². The molecule has 0 bridgehead atoms. The summed E-state index contributed by atoms with van der Waals surface area (Å²) < 4.78 is 5.57. The Balaban J connectivity index is 2.11. The van der Waals surface area contributed by atoms with Crippen molar-refractivity contribution >= 4 is 0 Å². The van der Waals surface area contributed by atoms with E-state index in [-0.39, 0.29) is 5.54 Å². The minimum Gasteiger partial charge on any atom is -0.377 e. The van der Waals surface area contributed by atoms with E-state index in [4.69, 9.17) is 10.5 Å². The van der Waals surface area contributed by atoms with Gasteiger partial charge >= 0.3 is 0 Å². The molecule has 11 heavy (non-hydrogen) atoms. The first kappa shape index (κ1) is 9.01. The molecule has 0 aliphatic heterocycles. The van der Waals surface area contributed by atoms with Crippen molar-refractivity contribution in [3.05, 3.63) is 0 Å². The molecule has 0 aromatic carbocycles. The summed E-state index contributed by atoms with van der Waals surface area (Å²) in [5.74, 6) is 0.